The predicted molar refractivity (Wildman–Crippen MR) is 91.8 cm³/mol. The number of benzene rings is 1. The molecule has 8 heteroatoms. The number of nitrogens with one attached hydrogen (secondary N) is 1. The Balaban J connectivity index is 1.55. The number of amides is 3. The van der Waals surface area contributed by atoms with Crippen molar-refractivity contribution in [2.75, 3.05) is 0 Å². The van der Waals surface area contributed by atoms with E-state index in [1.807, 2.05) is 0 Å². The molecule has 3 amide bonds. The van der Waals surface area contributed by atoms with Gasteiger partial charge in [0.1, 0.15) is 23.6 Å². The average molecular weight is 369 g/mol. The number of aryl methyl sites for hydroxylation is 1. The van der Waals surface area contributed by atoms with Gasteiger partial charge < -0.3 is 14.2 Å². The second kappa shape index (κ2) is 6.08. The summed E-state index contributed by atoms with van der Waals surface area (Å²) in [6.07, 6.45) is 1.37. The van der Waals surface area contributed by atoms with Crippen LogP contribution in [0.1, 0.15) is 24.1 Å². The van der Waals surface area contributed by atoms with Gasteiger partial charge in [-0.25, -0.2) is 14.2 Å². The minimum atomic E-state index is -1.27. The standard InChI is InChI=1S/C19H16FN3O4/c1-11-3-8-15(27-11)19(2)17(24)23(18(25)22-19)9-14-10-26-16(21-14)12-4-6-13(20)7-5-12/h3-8,10H,9H2,1-2H3,(H,22,25)/t19-/m1/s1. The monoisotopic (exact) mass is 369 g/mol. The van der Waals surface area contributed by atoms with Gasteiger partial charge in [-0.3, -0.25) is 9.69 Å². The molecule has 4 rings (SSSR count). The van der Waals surface area contributed by atoms with E-state index in [-0.39, 0.29) is 18.3 Å². The van der Waals surface area contributed by atoms with Crippen LogP contribution in [0.5, 0.6) is 0 Å². The Morgan fingerprint density at radius 2 is 1.93 bits per heavy atom. The third-order valence-corrected chi connectivity index (χ3v) is 4.47. The van der Waals surface area contributed by atoms with Gasteiger partial charge in [0.15, 0.2) is 5.54 Å². The maximum absolute atomic E-state index is 13.0. The van der Waals surface area contributed by atoms with Gasteiger partial charge in [-0.1, -0.05) is 0 Å². The van der Waals surface area contributed by atoms with Gasteiger partial charge in [0.25, 0.3) is 5.91 Å². The van der Waals surface area contributed by atoms with Crippen molar-refractivity contribution in [3.63, 3.8) is 0 Å². The zero-order chi connectivity index (χ0) is 19.2. The SMILES string of the molecule is Cc1ccc([C@@]2(C)NC(=O)N(Cc3coc(-c4ccc(F)cc4)n3)C2=O)o1. The van der Waals surface area contributed by atoms with Crippen LogP contribution in [0.15, 0.2) is 51.5 Å². The maximum Gasteiger partial charge on any atom is 0.325 e. The molecule has 1 aliphatic rings. The van der Waals surface area contributed by atoms with Crippen LogP contribution in [0.4, 0.5) is 9.18 Å². The molecule has 0 unspecified atom stereocenters. The molecule has 138 valence electrons. The fourth-order valence-corrected chi connectivity index (χ4v) is 2.98. The van der Waals surface area contributed by atoms with Crippen LogP contribution in [0.3, 0.4) is 0 Å². The summed E-state index contributed by atoms with van der Waals surface area (Å²) in [4.78, 5) is 30.5. The van der Waals surface area contributed by atoms with Crippen LogP contribution >= 0.6 is 0 Å². The van der Waals surface area contributed by atoms with Crippen LogP contribution in [-0.4, -0.2) is 21.8 Å². The number of hydrogen-bond donors (Lipinski definition) is 1. The molecule has 0 bridgehead atoms. The zero-order valence-corrected chi connectivity index (χ0v) is 14.7. The Kier molecular flexibility index (Phi) is 3.83. The van der Waals surface area contributed by atoms with Crippen LogP contribution in [0.25, 0.3) is 11.5 Å². The van der Waals surface area contributed by atoms with E-state index in [0.717, 1.165) is 4.90 Å². The van der Waals surface area contributed by atoms with Crippen LogP contribution in [0.2, 0.25) is 0 Å². The van der Waals surface area contributed by atoms with Crippen molar-refractivity contribution in [3.05, 3.63) is 65.7 Å². The van der Waals surface area contributed by atoms with E-state index in [2.05, 4.69) is 10.3 Å². The second-order valence-electron chi connectivity index (χ2n) is 6.51. The summed E-state index contributed by atoms with van der Waals surface area (Å²) in [7, 11) is 0. The number of carbonyl (C=O) groups excluding carboxylic acids is 2. The summed E-state index contributed by atoms with van der Waals surface area (Å²) >= 11 is 0. The normalized spacial score (nSPS) is 19.6. The molecular weight excluding hydrogens is 353 g/mol. The van der Waals surface area contributed by atoms with Crippen molar-refractivity contribution < 1.29 is 22.8 Å². The quantitative estimate of drug-likeness (QED) is 0.713. The molecule has 1 aromatic carbocycles. The minimum absolute atomic E-state index is 0.0510. The number of imide groups is 1. The third kappa shape index (κ3) is 2.88. The molecule has 7 nitrogen and oxygen atoms in total. The lowest BCUT2D eigenvalue weighted by Gasteiger charge is -2.18. The topological polar surface area (TPSA) is 88.6 Å². The van der Waals surface area contributed by atoms with E-state index in [4.69, 9.17) is 8.83 Å². The molecule has 1 saturated heterocycles. The summed E-state index contributed by atoms with van der Waals surface area (Å²) in [6.45, 7) is 3.31. The summed E-state index contributed by atoms with van der Waals surface area (Å²) in [6, 6.07) is 8.53. The number of hydrogen-bond acceptors (Lipinski definition) is 5. The van der Waals surface area contributed by atoms with Crippen LogP contribution in [0, 0.1) is 12.7 Å². The smallest absolute Gasteiger partial charge is 0.325 e. The van der Waals surface area contributed by atoms with Gasteiger partial charge in [-0.2, -0.15) is 0 Å². The van der Waals surface area contributed by atoms with Gasteiger partial charge in [0.05, 0.1) is 12.2 Å². The summed E-state index contributed by atoms with van der Waals surface area (Å²) in [5.41, 5.74) is -0.275. The molecule has 27 heavy (non-hydrogen) atoms. The van der Waals surface area contributed by atoms with Crippen molar-refractivity contribution >= 4 is 11.9 Å². The molecule has 0 spiro atoms. The van der Waals surface area contributed by atoms with Crippen molar-refractivity contribution in [2.24, 2.45) is 0 Å². The van der Waals surface area contributed by atoms with Gasteiger partial charge >= 0.3 is 6.03 Å². The maximum atomic E-state index is 13.0. The lowest BCUT2D eigenvalue weighted by Crippen LogP contribution is -2.40. The number of furan rings is 1. The Hall–Kier alpha value is -3.42. The highest BCUT2D eigenvalue weighted by Crippen LogP contribution is 2.31. The fourth-order valence-electron chi connectivity index (χ4n) is 2.98. The number of rotatable bonds is 4. The van der Waals surface area contributed by atoms with Crippen LogP contribution in [-0.2, 0) is 16.9 Å². The molecule has 1 N–H and O–H groups in total. The van der Waals surface area contributed by atoms with Crippen molar-refractivity contribution in [3.8, 4) is 11.5 Å². The number of carbonyl (C=O) groups is 2. The minimum Gasteiger partial charge on any atom is -0.463 e. The summed E-state index contributed by atoms with van der Waals surface area (Å²) < 4.78 is 24.0. The van der Waals surface area contributed by atoms with E-state index >= 15 is 0 Å². The molecule has 1 fully saturated rings. The first kappa shape index (κ1) is 17.0. The highest BCUT2D eigenvalue weighted by Gasteiger charge is 2.51. The highest BCUT2D eigenvalue weighted by atomic mass is 19.1. The van der Waals surface area contributed by atoms with Crippen molar-refractivity contribution in [2.45, 2.75) is 25.9 Å². The van der Waals surface area contributed by atoms with E-state index in [1.165, 1.54) is 30.5 Å². The number of urea groups is 1. The van der Waals surface area contributed by atoms with E-state index < -0.39 is 17.5 Å². The number of oxazole rings is 1. The molecule has 0 aliphatic carbocycles. The molecule has 1 atom stereocenters. The molecule has 0 radical (unpaired) electrons. The first-order valence-electron chi connectivity index (χ1n) is 8.28. The van der Waals surface area contributed by atoms with E-state index in [1.54, 1.807) is 26.0 Å². The van der Waals surface area contributed by atoms with Gasteiger partial charge in [-0.05, 0) is 50.2 Å². The second-order valence-corrected chi connectivity index (χ2v) is 6.51. The Morgan fingerprint density at radius 3 is 2.59 bits per heavy atom. The Bertz CT molecular complexity index is 1020. The van der Waals surface area contributed by atoms with Gasteiger partial charge in [0.2, 0.25) is 5.89 Å². The third-order valence-electron chi connectivity index (χ3n) is 4.47. The Morgan fingerprint density at radius 1 is 1.19 bits per heavy atom. The zero-order valence-electron chi connectivity index (χ0n) is 14.7. The molecule has 0 saturated carbocycles. The van der Waals surface area contributed by atoms with E-state index in [0.29, 0.717) is 22.8 Å². The number of aromatic nitrogens is 1. The van der Waals surface area contributed by atoms with Crippen LogP contribution < -0.4 is 5.32 Å². The first-order chi connectivity index (χ1) is 12.9. The average Bonchev–Trinajstić information content (AvgIpc) is 3.33. The molecule has 3 aromatic rings. The van der Waals surface area contributed by atoms with Crippen molar-refractivity contribution in [1.29, 1.82) is 0 Å². The predicted octanol–water partition coefficient (Wildman–Crippen LogP) is 3.35. The lowest BCUT2D eigenvalue weighted by atomic mass is 9.99. The first-order valence-corrected chi connectivity index (χ1v) is 8.28. The largest absolute Gasteiger partial charge is 0.463 e. The number of halogens is 1. The van der Waals surface area contributed by atoms with Crippen molar-refractivity contribution in [1.82, 2.24) is 15.2 Å². The molecule has 2 aromatic heterocycles. The fraction of sp³-hybridized carbons (Fsp3) is 0.211. The summed E-state index contributed by atoms with van der Waals surface area (Å²) in [5, 5.41) is 2.67. The molecule has 1 aliphatic heterocycles. The number of nitrogens with zero attached hydrogens (tertiary/aromatic N) is 2. The van der Waals surface area contributed by atoms with E-state index in [9.17, 15) is 14.0 Å². The highest BCUT2D eigenvalue weighted by molar-refractivity contribution is 6.06. The molecule has 3 heterocycles. The Labute approximate surface area is 153 Å². The van der Waals surface area contributed by atoms with Gasteiger partial charge in [0, 0.05) is 5.56 Å². The van der Waals surface area contributed by atoms with Gasteiger partial charge in [-0.15, -0.1) is 0 Å². The molecular formula is C19H16FN3O4. The summed E-state index contributed by atoms with van der Waals surface area (Å²) in [5.74, 6) is 0.493. The lowest BCUT2D eigenvalue weighted by molar-refractivity contribution is -0.132.